The van der Waals surface area contributed by atoms with Crippen LogP contribution in [0.5, 0.6) is 11.5 Å². The molecule has 2 amide bonds. The molecule has 2 N–H and O–H groups in total. The Labute approximate surface area is 167 Å². The van der Waals surface area contributed by atoms with Crippen LogP contribution in [0.1, 0.15) is 24.9 Å². The van der Waals surface area contributed by atoms with Crippen LogP contribution in [0.3, 0.4) is 0 Å². The summed E-state index contributed by atoms with van der Waals surface area (Å²) in [6, 6.07) is 12.7. The Morgan fingerprint density at radius 3 is 2.62 bits per heavy atom. The Morgan fingerprint density at radius 1 is 1.23 bits per heavy atom. The topological polar surface area (TPSA) is 59.6 Å². The molecule has 140 valence electrons. The quantitative estimate of drug-likeness (QED) is 0.570. The van der Waals surface area contributed by atoms with E-state index >= 15 is 0 Å². The van der Waals surface area contributed by atoms with Gasteiger partial charge in [0.25, 0.3) is 0 Å². The first-order chi connectivity index (χ1) is 12.5. The van der Waals surface area contributed by atoms with Gasteiger partial charge in [-0.1, -0.05) is 39.7 Å². The van der Waals surface area contributed by atoms with E-state index in [0.717, 1.165) is 15.8 Å². The number of nitrogens with one attached hydrogen (secondary N) is 2. The summed E-state index contributed by atoms with van der Waals surface area (Å²) in [4.78, 5) is 12.0. The SMILES string of the molecule is COc1ccc(C(C)NC(=O)NCCCOc2ccc(Br)cc2Cl)cc1. The second-order valence-corrected chi connectivity index (χ2v) is 6.99. The molecular formula is C19H22BrClN2O3. The number of benzene rings is 2. The first kappa shape index (κ1) is 20.4. The summed E-state index contributed by atoms with van der Waals surface area (Å²) < 4.78 is 11.6. The van der Waals surface area contributed by atoms with Crippen molar-refractivity contribution in [1.29, 1.82) is 0 Å². The van der Waals surface area contributed by atoms with Crippen LogP contribution in [0.4, 0.5) is 4.79 Å². The van der Waals surface area contributed by atoms with Gasteiger partial charge in [-0.2, -0.15) is 0 Å². The Bertz CT molecular complexity index is 725. The van der Waals surface area contributed by atoms with Crippen LogP contribution in [0.15, 0.2) is 46.9 Å². The molecule has 1 unspecified atom stereocenters. The van der Waals surface area contributed by atoms with Crippen molar-refractivity contribution < 1.29 is 14.3 Å². The molecular weight excluding hydrogens is 420 g/mol. The van der Waals surface area contributed by atoms with Crippen LogP contribution < -0.4 is 20.1 Å². The summed E-state index contributed by atoms with van der Waals surface area (Å²) in [7, 11) is 1.62. The molecule has 26 heavy (non-hydrogen) atoms. The summed E-state index contributed by atoms with van der Waals surface area (Å²) in [6.45, 7) is 2.91. The first-order valence-corrected chi connectivity index (χ1v) is 9.43. The summed E-state index contributed by atoms with van der Waals surface area (Å²) in [5, 5.41) is 6.27. The van der Waals surface area contributed by atoms with E-state index in [1.807, 2.05) is 43.3 Å². The number of urea groups is 1. The zero-order valence-corrected chi connectivity index (χ0v) is 17.1. The van der Waals surface area contributed by atoms with Crippen molar-refractivity contribution in [3.8, 4) is 11.5 Å². The van der Waals surface area contributed by atoms with Crippen LogP contribution in [0, 0.1) is 0 Å². The molecule has 0 fully saturated rings. The minimum atomic E-state index is -0.213. The van der Waals surface area contributed by atoms with Crippen molar-refractivity contribution >= 4 is 33.6 Å². The van der Waals surface area contributed by atoms with E-state index in [2.05, 4.69) is 26.6 Å². The largest absolute Gasteiger partial charge is 0.497 e. The number of carbonyl (C=O) groups excluding carboxylic acids is 1. The molecule has 0 heterocycles. The van der Waals surface area contributed by atoms with Crippen molar-refractivity contribution in [2.24, 2.45) is 0 Å². The molecule has 5 nitrogen and oxygen atoms in total. The first-order valence-electron chi connectivity index (χ1n) is 8.25. The minimum Gasteiger partial charge on any atom is -0.497 e. The van der Waals surface area contributed by atoms with Crippen molar-refractivity contribution in [1.82, 2.24) is 10.6 Å². The fourth-order valence-corrected chi connectivity index (χ4v) is 3.00. The maximum absolute atomic E-state index is 12.0. The zero-order chi connectivity index (χ0) is 18.9. The van der Waals surface area contributed by atoms with Gasteiger partial charge < -0.3 is 20.1 Å². The lowest BCUT2D eigenvalue weighted by atomic mass is 10.1. The molecule has 7 heteroatoms. The van der Waals surface area contributed by atoms with Gasteiger partial charge >= 0.3 is 6.03 Å². The number of methoxy groups -OCH3 is 1. The van der Waals surface area contributed by atoms with Gasteiger partial charge in [0, 0.05) is 11.0 Å². The Kier molecular flexibility index (Phi) is 8.06. The third-order valence-electron chi connectivity index (χ3n) is 3.72. The van der Waals surface area contributed by atoms with Gasteiger partial charge in [-0.3, -0.25) is 0 Å². The fraction of sp³-hybridized carbons (Fsp3) is 0.316. The second-order valence-electron chi connectivity index (χ2n) is 5.67. The van der Waals surface area contributed by atoms with Gasteiger partial charge in [0.2, 0.25) is 0 Å². The second kappa shape index (κ2) is 10.3. The highest BCUT2D eigenvalue weighted by Gasteiger charge is 2.09. The Hall–Kier alpha value is -1.92. The summed E-state index contributed by atoms with van der Waals surface area (Å²) >= 11 is 9.43. The molecule has 0 bridgehead atoms. The van der Waals surface area contributed by atoms with Crippen molar-refractivity contribution in [2.45, 2.75) is 19.4 Å². The number of carbonyl (C=O) groups is 1. The molecule has 0 saturated carbocycles. The summed E-state index contributed by atoms with van der Waals surface area (Å²) in [5.74, 6) is 1.42. The van der Waals surface area contributed by atoms with Gasteiger partial charge in [-0.25, -0.2) is 4.79 Å². The van der Waals surface area contributed by atoms with E-state index in [-0.39, 0.29) is 12.1 Å². The van der Waals surface area contributed by atoms with Crippen LogP contribution in [-0.2, 0) is 0 Å². The van der Waals surface area contributed by atoms with Gasteiger partial charge in [0.15, 0.2) is 0 Å². The lowest BCUT2D eigenvalue weighted by Gasteiger charge is -2.15. The maximum Gasteiger partial charge on any atom is 0.315 e. The smallest absolute Gasteiger partial charge is 0.315 e. The molecule has 0 spiro atoms. The lowest BCUT2D eigenvalue weighted by molar-refractivity contribution is 0.236. The molecule has 1 atom stereocenters. The average Bonchev–Trinajstić information content (AvgIpc) is 2.63. The molecule has 2 rings (SSSR count). The molecule has 2 aromatic carbocycles. The van der Waals surface area contributed by atoms with Gasteiger partial charge in [0.05, 0.1) is 24.8 Å². The normalized spacial score (nSPS) is 11.5. The van der Waals surface area contributed by atoms with E-state index in [1.54, 1.807) is 13.2 Å². The van der Waals surface area contributed by atoms with Crippen LogP contribution >= 0.6 is 27.5 Å². The highest BCUT2D eigenvalue weighted by Crippen LogP contribution is 2.27. The zero-order valence-electron chi connectivity index (χ0n) is 14.7. The molecule has 0 aromatic heterocycles. The number of halogens is 2. The molecule has 0 aliphatic rings. The standard InChI is InChI=1S/C19H22BrClN2O3/c1-13(14-4-7-16(25-2)8-5-14)23-19(24)22-10-3-11-26-18-9-6-15(20)12-17(18)21/h4-9,12-13H,3,10-11H2,1-2H3,(H2,22,23,24). The monoisotopic (exact) mass is 440 g/mol. The Morgan fingerprint density at radius 2 is 1.96 bits per heavy atom. The maximum atomic E-state index is 12.0. The van der Waals surface area contributed by atoms with Crippen molar-refractivity contribution in [3.63, 3.8) is 0 Å². The molecule has 2 aromatic rings. The number of hydrogen-bond donors (Lipinski definition) is 2. The number of amides is 2. The van der Waals surface area contributed by atoms with E-state index in [4.69, 9.17) is 21.1 Å². The van der Waals surface area contributed by atoms with Crippen molar-refractivity contribution in [3.05, 3.63) is 57.5 Å². The highest BCUT2D eigenvalue weighted by molar-refractivity contribution is 9.10. The van der Waals surface area contributed by atoms with E-state index in [0.29, 0.717) is 30.3 Å². The highest BCUT2D eigenvalue weighted by atomic mass is 79.9. The van der Waals surface area contributed by atoms with E-state index in [9.17, 15) is 4.79 Å². The van der Waals surface area contributed by atoms with Gasteiger partial charge in [-0.05, 0) is 49.2 Å². The molecule has 0 aliphatic carbocycles. The fourth-order valence-electron chi connectivity index (χ4n) is 2.27. The molecule has 0 saturated heterocycles. The van der Waals surface area contributed by atoms with Crippen molar-refractivity contribution in [2.75, 3.05) is 20.3 Å². The number of rotatable bonds is 8. The molecule has 0 aliphatic heterocycles. The Balaban J connectivity index is 1.66. The minimum absolute atomic E-state index is 0.0984. The number of ether oxygens (including phenoxy) is 2. The van der Waals surface area contributed by atoms with E-state index < -0.39 is 0 Å². The third kappa shape index (κ3) is 6.42. The predicted octanol–water partition coefficient (Wildman–Crippen LogP) is 4.94. The summed E-state index contributed by atoms with van der Waals surface area (Å²) in [6.07, 6.45) is 0.677. The predicted molar refractivity (Wildman–Crippen MR) is 107 cm³/mol. The van der Waals surface area contributed by atoms with Crippen LogP contribution in [0.25, 0.3) is 0 Å². The number of hydrogen-bond acceptors (Lipinski definition) is 3. The average molecular weight is 442 g/mol. The van der Waals surface area contributed by atoms with Crippen LogP contribution in [-0.4, -0.2) is 26.3 Å². The third-order valence-corrected chi connectivity index (χ3v) is 4.51. The summed E-state index contributed by atoms with van der Waals surface area (Å²) in [5.41, 5.74) is 1.01. The van der Waals surface area contributed by atoms with Gasteiger partial charge in [-0.15, -0.1) is 0 Å². The molecule has 0 radical (unpaired) electrons. The lowest BCUT2D eigenvalue weighted by Crippen LogP contribution is -2.37. The van der Waals surface area contributed by atoms with Gasteiger partial charge in [0.1, 0.15) is 11.5 Å². The van der Waals surface area contributed by atoms with Crippen LogP contribution in [0.2, 0.25) is 5.02 Å². The van der Waals surface area contributed by atoms with E-state index in [1.165, 1.54) is 0 Å².